The zero-order valence-corrected chi connectivity index (χ0v) is 13.0. The van der Waals surface area contributed by atoms with Crippen LogP contribution in [0.15, 0.2) is 59.8 Å². The molecule has 0 amide bonds. The van der Waals surface area contributed by atoms with Crippen LogP contribution in [-0.2, 0) is 10.0 Å². The van der Waals surface area contributed by atoms with Crippen molar-refractivity contribution in [3.8, 4) is 0 Å². The summed E-state index contributed by atoms with van der Waals surface area (Å²) in [6.45, 7) is 1.37. The molecule has 1 aromatic heterocycles. The fraction of sp³-hybridized carbons (Fsp3) is 0.312. The van der Waals surface area contributed by atoms with Crippen LogP contribution in [0.1, 0.15) is 12.8 Å². The molecule has 0 aliphatic carbocycles. The van der Waals surface area contributed by atoms with Gasteiger partial charge >= 0.3 is 0 Å². The largest absolute Gasteiger partial charge is 0.367 e. The molecule has 1 aliphatic heterocycles. The molecule has 1 aromatic carbocycles. The molecular formula is C16H19N3O2S. The third-order valence-electron chi connectivity index (χ3n) is 3.92. The molecule has 0 radical (unpaired) electrons. The Kier molecular flexibility index (Phi) is 4.40. The molecule has 1 saturated heterocycles. The van der Waals surface area contributed by atoms with E-state index in [9.17, 15) is 8.42 Å². The van der Waals surface area contributed by atoms with Crippen molar-refractivity contribution in [2.45, 2.75) is 23.8 Å². The maximum atomic E-state index is 12.3. The highest BCUT2D eigenvalue weighted by molar-refractivity contribution is 7.89. The van der Waals surface area contributed by atoms with Crippen molar-refractivity contribution in [2.24, 2.45) is 0 Å². The van der Waals surface area contributed by atoms with Crippen LogP contribution in [0.5, 0.6) is 0 Å². The smallest absolute Gasteiger partial charge is 0.242 e. The number of benzene rings is 1. The second kappa shape index (κ2) is 6.46. The van der Waals surface area contributed by atoms with Gasteiger partial charge in [-0.15, -0.1) is 0 Å². The third-order valence-corrected chi connectivity index (χ3v) is 5.33. The van der Waals surface area contributed by atoms with E-state index < -0.39 is 10.0 Å². The molecule has 2 aromatic rings. The van der Waals surface area contributed by atoms with Crippen LogP contribution in [0.25, 0.3) is 0 Å². The highest BCUT2D eigenvalue weighted by Gasteiger charge is 2.26. The Morgan fingerprint density at radius 1 is 1.18 bits per heavy atom. The van der Waals surface area contributed by atoms with Gasteiger partial charge in [-0.2, -0.15) is 0 Å². The average Bonchev–Trinajstić information content (AvgIpc) is 3.03. The predicted molar refractivity (Wildman–Crippen MR) is 86.2 cm³/mol. The van der Waals surface area contributed by atoms with Gasteiger partial charge in [-0.05, 0) is 37.1 Å². The summed E-state index contributed by atoms with van der Waals surface area (Å²) in [5, 5.41) is 0. The molecule has 3 rings (SSSR count). The minimum atomic E-state index is -3.49. The number of para-hydroxylation sites is 1. The third kappa shape index (κ3) is 3.28. The van der Waals surface area contributed by atoms with Crippen LogP contribution >= 0.6 is 0 Å². The second-order valence-electron chi connectivity index (χ2n) is 5.37. The zero-order chi connectivity index (χ0) is 15.4. The summed E-state index contributed by atoms with van der Waals surface area (Å²) >= 11 is 0. The number of nitrogens with one attached hydrogen (secondary N) is 1. The quantitative estimate of drug-likeness (QED) is 0.916. The van der Waals surface area contributed by atoms with E-state index >= 15 is 0 Å². The lowest BCUT2D eigenvalue weighted by Crippen LogP contribution is -2.40. The summed E-state index contributed by atoms with van der Waals surface area (Å²) < 4.78 is 27.2. The lowest BCUT2D eigenvalue weighted by Gasteiger charge is -2.27. The van der Waals surface area contributed by atoms with Crippen LogP contribution < -0.4 is 9.62 Å². The Hall–Kier alpha value is -1.92. The monoisotopic (exact) mass is 317 g/mol. The summed E-state index contributed by atoms with van der Waals surface area (Å²) in [7, 11) is -3.49. The van der Waals surface area contributed by atoms with Crippen LogP contribution in [0.2, 0.25) is 0 Å². The molecular weight excluding hydrogens is 298 g/mol. The van der Waals surface area contributed by atoms with Gasteiger partial charge in [0.25, 0.3) is 0 Å². The highest BCUT2D eigenvalue weighted by Crippen LogP contribution is 2.25. The molecule has 0 spiro atoms. The molecule has 2 heterocycles. The Morgan fingerprint density at radius 3 is 2.73 bits per heavy atom. The zero-order valence-electron chi connectivity index (χ0n) is 12.2. The van der Waals surface area contributed by atoms with Gasteiger partial charge in [-0.3, -0.25) is 4.98 Å². The van der Waals surface area contributed by atoms with Gasteiger partial charge in [0.2, 0.25) is 10.0 Å². The number of pyridine rings is 1. The summed E-state index contributed by atoms with van der Waals surface area (Å²) in [6.07, 6.45) is 5.00. The molecule has 5 nitrogen and oxygen atoms in total. The van der Waals surface area contributed by atoms with E-state index in [1.54, 1.807) is 18.3 Å². The first-order valence-electron chi connectivity index (χ1n) is 7.38. The van der Waals surface area contributed by atoms with Gasteiger partial charge in [-0.25, -0.2) is 13.1 Å². The number of anilines is 1. The van der Waals surface area contributed by atoms with Gasteiger partial charge in [0.1, 0.15) is 4.90 Å². The highest BCUT2D eigenvalue weighted by atomic mass is 32.2. The molecule has 1 N–H and O–H groups in total. The van der Waals surface area contributed by atoms with Crippen LogP contribution in [0.3, 0.4) is 0 Å². The van der Waals surface area contributed by atoms with E-state index in [4.69, 9.17) is 0 Å². The fourth-order valence-corrected chi connectivity index (χ4v) is 3.84. The van der Waals surface area contributed by atoms with Gasteiger partial charge in [0.05, 0.1) is 0 Å². The van der Waals surface area contributed by atoms with Crippen LogP contribution in [0.4, 0.5) is 5.69 Å². The lowest BCUT2D eigenvalue weighted by molar-refractivity contribution is 0.567. The van der Waals surface area contributed by atoms with E-state index in [0.29, 0.717) is 6.54 Å². The number of nitrogens with zero attached hydrogens (tertiary/aromatic N) is 2. The van der Waals surface area contributed by atoms with E-state index in [1.807, 2.05) is 18.2 Å². The number of hydrogen-bond donors (Lipinski definition) is 1. The maximum Gasteiger partial charge on any atom is 0.242 e. The predicted octanol–water partition coefficient (Wildman–Crippen LogP) is 2.03. The SMILES string of the molecule is O=S(=O)(NC[C@H]1CCCN1c1ccccc1)c1cccnc1. The molecule has 0 bridgehead atoms. The molecule has 1 atom stereocenters. The van der Waals surface area contributed by atoms with Gasteiger partial charge in [0, 0.05) is 37.2 Å². The number of sulfonamides is 1. The minimum absolute atomic E-state index is 0.189. The van der Waals surface area contributed by atoms with Crippen molar-refractivity contribution in [1.29, 1.82) is 0 Å². The summed E-state index contributed by atoms with van der Waals surface area (Å²) in [5.74, 6) is 0. The first kappa shape index (κ1) is 15.0. The molecule has 22 heavy (non-hydrogen) atoms. The van der Waals surface area contributed by atoms with Crippen molar-refractivity contribution in [2.75, 3.05) is 18.0 Å². The first-order valence-corrected chi connectivity index (χ1v) is 8.86. The van der Waals surface area contributed by atoms with Gasteiger partial charge < -0.3 is 4.90 Å². The van der Waals surface area contributed by atoms with Crippen LogP contribution in [-0.4, -0.2) is 32.5 Å². The molecule has 116 valence electrons. The second-order valence-corrected chi connectivity index (χ2v) is 7.13. The molecule has 1 fully saturated rings. The normalized spacial score (nSPS) is 18.5. The Labute approximate surface area is 131 Å². The van der Waals surface area contributed by atoms with Crippen LogP contribution in [0, 0.1) is 0 Å². The topological polar surface area (TPSA) is 62.3 Å². The average molecular weight is 317 g/mol. The fourth-order valence-electron chi connectivity index (χ4n) is 2.80. The van der Waals surface area contributed by atoms with Crippen molar-refractivity contribution in [3.05, 3.63) is 54.9 Å². The number of hydrogen-bond acceptors (Lipinski definition) is 4. The van der Waals surface area contributed by atoms with E-state index in [0.717, 1.165) is 25.1 Å². The van der Waals surface area contributed by atoms with Gasteiger partial charge in [-0.1, -0.05) is 18.2 Å². The minimum Gasteiger partial charge on any atom is -0.367 e. The molecule has 0 unspecified atom stereocenters. The van der Waals surface area contributed by atoms with E-state index in [1.165, 1.54) is 6.20 Å². The Bertz CT molecular complexity index is 705. The van der Waals surface area contributed by atoms with Crippen molar-refractivity contribution >= 4 is 15.7 Å². The molecule has 6 heteroatoms. The standard InChI is InChI=1S/C16H19N3O2S/c20-22(21,16-9-4-10-17-13-16)18-12-15-8-5-11-19(15)14-6-2-1-3-7-14/h1-4,6-7,9-10,13,15,18H,5,8,11-12H2/t15-/m1/s1. The first-order chi connectivity index (χ1) is 10.7. The maximum absolute atomic E-state index is 12.3. The summed E-state index contributed by atoms with van der Waals surface area (Å²) in [5.41, 5.74) is 1.14. The van der Waals surface area contributed by atoms with E-state index in [-0.39, 0.29) is 10.9 Å². The Balaban J connectivity index is 1.68. The molecule has 1 aliphatic rings. The van der Waals surface area contributed by atoms with Gasteiger partial charge in [0.15, 0.2) is 0 Å². The van der Waals surface area contributed by atoms with Crippen molar-refractivity contribution < 1.29 is 8.42 Å². The number of rotatable bonds is 5. The lowest BCUT2D eigenvalue weighted by atomic mass is 10.2. The Morgan fingerprint density at radius 2 is 2.00 bits per heavy atom. The molecule has 0 saturated carbocycles. The van der Waals surface area contributed by atoms with Crippen molar-refractivity contribution in [3.63, 3.8) is 0 Å². The number of aromatic nitrogens is 1. The van der Waals surface area contributed by atoms with Crippen molar-refractivity contribution in [1.82, 2.24) is 9.71 Å². The summed E-state index contributed by atoms with van der Waals surface area (Å²) in [4.78, 5) is 6.34. The van der Waals surface area contributed by atoms with E-state index in [2.05, 4.69) is 26.7 Å². The summed E-state index contributed by atoms with van der Waals surface area (Å²) in [6, 6.07) is 13.5.